The Balaban J connectivity index is 2.37. The zero-order chi connectivity index (χ0) is 12.1. The molecule has 90 valence electrons. The lowest BCUT2D eigenvalue weighted by Crippen LogP contribution is -2.07. The molecule has 0 saturated carbocycles. The van der Waals surface area contributed by atoms with E-state index in [1.165, 1.54) is 0 Å². The third-order valence-corrected chi connectivity index (χ3v) is 2.51. The van der Waals surface area contributed by atoms with Crippen LogP contribution in [0.15, 0.2) is 24.8 Å². The fraction of sp³-hybridized carbons (Fsp3) is 0.417. The van der Waals surface area contributed by atoms with E-state index < -0.39 is 0 Å². The van der Waals surface area contributed by atoms with Crippen LogP contribution in [0.1, 0.15) is 20.3 Å². The Hall–Kier alpha value is -1.91. The van der Waals surface area contributed by atoms with E-state index in [1.54, 1.807) is 18.6 Å². The van der Waals surface area contributed by atoms with E-state index in [2.05, 4.69) is 38.7 Å². The molecule has 0 aliphatic carbocycles. The first-order chi connectivity index (χ1) is 8.36. The molecule has 0 radical (unpaired) electrons. The molecule has 0 aromatic carbocycles. The van der Waals surface area contributed by atoms with Gasteiger partial charge in [0.2, 0.25) is 0 Å². The van der Waals surface area contributed by atoms with Crippen molar-refractivity contribution in [3.05, 3.63) is 24.8 Å². The van der Waals surface area contributed by atoms with Gasteiger partial charge in [-0.2, -0.15) is 0 Å². The van der Waals surface area contributed by atoms with Gasteiger partial charge in [0, 0.05) is 37.9 Å². The van der Waals surface area contributed by atoms with Crippen LogP contribution < -0.4 is 5.32 Å². The third-order valence-electron chi connectivity index (χ3n) is 2.51. The Bertz CT molecular complexity index is 477. The van der Waals surface area contributed by atoms with E-state index in [0.717, 1.165) is 36.8 Å². The molecular formula is C12H17N5. The average Bonchev–Trinajstić information content (AvgIpc) is 2.84. The van der Waals surface area contributed by atoms with E-state index in [-0.39, 0.29) is 0 Å². The molecule has 0 aliphatic rings. The van der Waals surface area contributed by atoms with Gasteiger partial charge in [0.1, 0.15) is 5.69 Å². The Kier molecular flexibility index (Phi) is 3.69. The zero-order valence-corrected chi connectivity index (χ0v) is 10.2. The van der Waals surface area contributed by atoms with Gasteiger partial charge in [-0.3, -0.25) is 0 Å². The summed E-state index contributed by atoms with van der Waals surface area (Å²) in [5.74, 6) is 1.66. The molecule has 2 aromatic heterocycles. The average molecular weight is 231 g/mol. The van der Waals surface area contributed by atoms with Gasteiger partial charge >= 0.3 is 0 Å². The van der Waals surface area contributed by atoms with Crippen molar-refractivity contribution in [1.82, 2.24) is 19.5 Å². The lowest BCUT2D eigenvalue weighted by Gasteiger charge is -2.09. The quantitative estimate of drug-likeness (QED) is 0.857. The molecule has 5 heteroatoms. The fourth-order valence-electron chi connectivity index (χ4n) is 1.66. The topological polar surface area (TPSA) is 55.6 Å². The van der Waals surface area contributed by atoms with Crippen LogP contribution in [0.4, 0.5) is 5.82 Å². The highest BCUT2D eigenvalue weighted by atomic mass is 15.1. The number of aryl methyl sites for hydroxylation is 1. The second-order valence-electron chi connectivity index (χ2n) is 3.72. The van der Waals surface area contributed by atoms with E-state index in [0.29, 0.717) is 0 Å². The van der Waals surface area contributed by atoms with Crippen LogP contribution in [0, 0.1) is 0 Å². The first kappa shape index (κ1) is 11.6. The second-order valence-corrected chi connectivity index (χ2v) is 3.72. The van der Waals surface area contributed by atoms with Crippen LogP contribution in [0.3, 0.4) is 0 Å². The Morgan fingerprint density at radius 2 is 1.94 bits per heavy atom. The van der Waals surface area contributed by atoms with E-state index >= 15 is 0 Å². The number of hydrogen-bond acceptors (Lipinski definition) is 4. The van der Waals surface area contributed by atoms with Gasteiger partial charge in [-0.1, -0.05) is 6.92 Å². The smallest absolute Gasteiger partial charge is 0.162 e. The molecule has 0 spiro atoms. The van der Waals surface area contributed by atoms with Gasteiger partial charge < -0.3 is 9.88 Å². The summed E-state index contributed by atoms with van der Waals surface area (Å²) in [6, 6.07) is 0. The lowest BCUT2D eigenvalue weighted by molar-refractivity contribution is 0.767. The minimum Gasteiger partial charge on any atom is -0.368 e. The molecule has 17 heavy (non-hydrogen) atoms. The van der Waals surface area contributed by atoms with Crippen LogP contribution in [-0.4, -0.2) is 26.1 Å². The molecule has 0 fully saturated rings. The summed E-state index contributed by atoms with van der Waals surface area (Å²) < 4.78 is 2.06. The molecular weight excluding hydrogens is 214 g/mol. The number of imidazole rings is 1. The summed E-state index contributed by atoms with van der Waals surface area (Å²) in [6.45, 7) is 5.97. The van der Waals surface area contributed by atoms with Gasteiger partial charge in [-0.15, -0.1) is 0 Å². The SMILES string of the molecule is CCCNc1nccnc1-c1nccn1CC. The first-order valence-corrected chi connectivity index (χ1v) is 5.93. The second kappa shape index (κ2) is 5.43. The predicted molar refractivity (Wildman–Crippen MR) is 67.7 cm³/mol. The molecule has 5 nitrogen and oxygen atoms in total. The standard InChI is InChI=1S/C12H17N5/c1-3-5-14-11-10(13-6-7-15-11)12-16-8-9-17(12)4-2/h6-9H,3-5H2,1-2H3,(H,14,15). The molecule has 0 unspecified atom stereocenters. The van der Waals surface area contributed by atoms with Crippen LogP contribution in [-0.2, 0) is 6.54 Å². The van der Waals surface area contributed by atoms with Crippen molar-refractivity contribution < 1.29 is 0 Å². The minimum atomic E-state index is 0.801. The van der Waals surface area contributed by atoms with Crippen molar-refractivity contribution in [2.45, 2.75) is 26.8 Å². The van der Waals surface area contributed by atoms with Crippen molar-refractivity contribution in [2.24, 2.45) is 0 Å². The Morgan fingerprint density at radius 3 is 2.71 bits per heavy atom. The molecule has 0 atom stereocenters. The van der Waals surface area contributed by atoms with Crippen molar-refractivity contribution in [2.75, 3.05) is 11.9 Å². The highest BCUT2D eigenvalue weighted by Crippen LogP contribution is 2.21. The van der Waals surface area contributed by atoms with Gasteiger partial charge in [0.15, 0.2) is 11.6 Å². The van der Waals surface area contributed by atoms with Crippen LogP contribution in [0.25, 0.3) is 11.5 Å². The Morgan fingerprint density at radius 1 is 1.12 bits per heavy atom. The third kappa shape index (κ3) is 2.43. The lowest BCUT2D eigenvalue weighted by atomic mass is 10.3. The molecule has 2 rings (SSSR count). The molecule has 2 heterocycles. The van der Waals surface area contributed by atoms with Crippen LogP contribution in [0.2, 0.25) is 0 Å². The van der Waals surface area contributed by atoms with E-state index in [9.17, 15) is 0 Å². The number of aromatic nitrogens is 4. The summed E-state index contributed by atoms with van der Waals surface area (Å²) >= 11 is 0. The molecule has 1 N–H and O–H groups in total. The first-order valence-electron chi connectivity index (χ1n) is 5.93. The van der Waals surface area contributed by atoms with Crippen LogP contribution >= 0.6 is 0 Å². The van der Waals surface area contributed by atoms with E-state index in [1.807, 2.05) is 6.20 Å². The number of hydrogen-bond donors (Lipinski definition) is 1. The molecule has 0 saturated heterocycles. The monoisotopic (exact) mass is 231 g/mol. The van der Waals surface area contributed by atoms with Crippen LogP contribution in [0.5, 0.6) is 0 Å². The summed E-state index contributed by atoms with van der Waals surface area (Å²) in [7, 11) is 0. The summed E-state index contributed by atoms with van der Waals surface area (Å²) in [5, 5.41) is 3.28. The highest BCUT2D eigenvalue weighted by Gasteiger charge is 2.11. The summed E-state index contributed by atoms with van der Waals surface area (Å²) in [6.07, 6.45) is 8.19. The molecule has 2 aromatic rings. The summed E-state index contributed by atoms with van der Waals surface area (Å²) in [5.41, 5.74) is 0.813. The minimum absolute atomic E-state index is 0.801. The fourth-order valence-corrected chi connectivity index (χ4v) is 1.66. The number of rotatable bonds is 5. The van der Waals surface area contributed by atoms with Crippen molar-refractivity contribution >= 4 is 5.82 Å². The maximum atomic E-state index is 4.37. The normalized spacial score (nSPS) is 10.5. The highest BCUT2D eigenvalue weighted by molar-refractivity contribution is 5.65. The molecule has 0 bridgehead atoms. The van der Waals surface area contributed by atoms with Crippen molar-refractivity contribution in [3.63, 3.8) is 0 Å². The number of nitrogens with zero attached hydrogens (tertiary/aromatic N) is 4. The molecule has 0 aliphatic heterocycles. The van der Waals surface area contributed by atoms with E-state index in [4.69, 9.17) is 0 Å². The van der Waals surface area contributed by atoms with Gasteiger partial charge in [0.05, 0.1) is 0 Å². The number of anilines is 1. The van der Waals surface area contributed by atoms with Crippen molar-refractivity contribution in [1.29, 1.82) is 0 Å². The Labute approximate surface area is 101 Å². The zero-order valence-electron chi connectivity index (χ0n) is 10.2. The summed E-state index contributed by atoms with van der Waals surface area (Å²) in [4.78, 5) is 13.0. The van der Waals surface area contributed by atoms with Gasteiger partial charge in [0.25, 0.3) is 0 Å². The van der Waals surface area contributed by atoms with Gasteiger partial charge in [-0.25, -0.2) is 15.0 Å². The van der Waals surface area contributed by atoms with Crippen molar-refractivity contribution in [3.8, 4) is 11.5 Å². The van der Waals surface area contributed by atoms with Gasteiger partial charge in [-0.05, 0) is 13.3 Å². The largest absolute Gasteiger partial charge is 0.368 e. The maximum Gasteiger partial charge on any atom is 0.162 e. The molecule has 0 amide bonds. The number of nitrogens with one attached hydrogen (secondary N) is 1. The predicted octanol–water partition coefficient (Wildman–Crippen LogP) is 2.18. The maximum absolute atomic E-state index is 4.37.